The summed E-state index contributed by atoms with van der Waals surface area (Å²) in [4.78, 5) is 11.6. The standard InChI is InChI=1S/C17H30O4Si/c1-15(2,3)22(6,7)21-12-10-17(8-11(18)9-17)14-13(12)19-16(4,5)20-14/h12-14H,8-10H2,1-7H3/t12-,13+,14+/m1/s1. The summed E-state index contributed by atoms with van der Waals surface area (Å²) in [5.74, 6) is -0.226. The van der Waals surface area contributed by atoms with Gasteiger partial charge in [-0.2, -0.15) is 0 Å². The van der Waals surface area contributed by atoms with Gasteiger partial charge in [-0.3, -0.25) is 4.79 Å². The molecule has 0 unspecified atom stereocenters. The molecule has 0 amide bonds. The molecule has 0 aromatic rings. The number of ketones is 1. The van der Waals surface area contributed by atoms with Crippen molar-refractivity contribution in [1.82, 2.24) is 0 Å². The summed E-state index contributed by atoms with van der Waals surface area (Å²) < 4.78 is 19.0. The van der Waals surface area contributed by atoms with Crippen molar-refractivity contribution in [2.24, 2.45) is 5.41 Å². The maximum atomic E-state index is 11.6. The molecule has 22 heavy (non-hydrogen) atoms. The molecule has 1 saturated heterocycles. The third-order valence-electron chi connectivity index (χ3n) is 6.06. The Morgan fingerprint density at radius 2 is 1.77 bits per heavy atom. The van der Waals surface area contributed by atoms with E-state index in [-0.39, 0.29) is 28.8 Å². The van der Waals surface area contributed by atoms with E-state index in [1.165, 1.54) is 0 Å². The molecule has 126 valence electrons. The second-order valence-corrected chi connectivity index (χ2v) is 14.2. The Balaban J connectivity index is 1.83. The van der Waals surface area contributed by atoms with Crippen LogP contribution in [0.2, 0.25) is 18.1 Å². The minimum atomic E-state index is -1.86. The Morgan fingerprint density at radius 3 is 2.27 bits per heavy atom. The van der Waals surface area contributed by atoms with Crippen molar-refractivity contribution < 1.29 is 18.7 Å². The number of rotatable bonds is 2. The van der Waals surface area contributed by atoms with E-state index < -0.39 is 14.1 Å². The molecule has 0 N–H and O–H groups in total. The van der Waals surface area contributed by atoms with Crippen molar-refractivity contribution in [3.05, 3.63) is 0 Å². The van der Waals surface area contributed by atoms with Crippen LogP contribution in [0.3, 0.4) is 0 Å². The summed E-state index contributed by atoms with van der Waals surface area (Å²) >= 11 is 0. The SMILES string of the molecule is CC1(C)O[C@H]2[C@H](O[Si](C)(C)C(C)(C)C)CC3(CC(=O)C3)[C@H]2O1. The molecule has 0 bridgehead atoms. The first kappa shape index (κ1) is 16.6. The predicted molar refractivity (Wildman–Crippen MR) is 87.2 cm³/mol. The zero-order chi connectivity index (χ0) is 16.6. The van der Waals surface area contributed by atoms with Crippen LogP contribution in [0.1, 0.15) is 53.9 Å². The summed E-state index contributed by atoms with van der Waals surface area (Å²) in [6, 6.07) is 0. The second kappa shape index (κ2) is 4.65. The van der Waals surface area contributed by atoms with E-state index in [0.717, 1.165) is 6.42 Å². The van der Waals surface area contributed by atoms with E-state index in [1.54, 1.807) is 0 Å². The van der Waals surface area contributed by atoms with Crippen LogP contribution >= 0.6 is 0 Å². The molecular weight excluding hydrogens is 296 g/mol. The normalized spacial score (nSPS) is 36.5. The van der Waals surface area contributed by atoms with Crippen LogP contribution in [-0.4, -0.2) is 38.2 Å². The van der Waals surface area contributed by atoms with Crippen molar-refractivity contribution >= 4 is 14.1 Å². The first-order chi connectivity index (χ1) is 9.85. The zero-order valence-electron chi connectivity index (χ0n) is 15.0. The van der Waals surface area contributed by atoms with E-state index in [9.17, 15) is 4.79 Å². The van der Waals surface area contributed by atoms with Gasteiger partial charge in [-0.25, -0.2) is 0 Å². The highest BCUT2D eigenvalue weighted by atomic mass is 28.4. The Hall–Kier alpha value is -0.233. The first-order valence-electron chi connectivity index (χ1n) is 8.40. The van der Waals surface area contributed by atoms with Crippen LogP contribution < -0.4 is 0 Å². The number of carbonyl (C=O) groups is 1. The van der Waals surface area contributed by atoms with Crippen LogP contribution in [0.4, 0.5) is 0 Å². The fourth-order valence-electron chi connectivity index (χ4n) is 3.91. The summed E-state index contributed by atoms with van der Waals surface area (Å²) in [5, 5.41) is 0.169. The largest absolute Gasteiger partial charge is 0.411 e. The zero-order valence-corrected chi connectivity index (χ0v) is 16.0. The predicted octanol–water partition coefficient (Wildman–Crippen LogP) is 3.65. The Bertz CT molecular complexity index is 483. The fraction of sp³-hybridized carbons (Fsp3) is 0.941. The number of hydrogen-bond donors (Lipinski definition) is 0. The minimum Gasteiger partial charge on any atom is -0.411 e. The molecule has 3 atom stereocenters. The highest BCUT2D eigenvalue weighted by Gasteiger charge is 2.66. The summed E-state index contributed by atoms with van der Waals surface area (Å²) in [6.45, 7) is 15.2. The fourth-order valence-corrected chi connectivity index (χ4v) is 5.24. The van der Waals surface area contributed by atoms with Gasteiger partial charge < -0.3 is 13.9 Å². The highest BCUT2D eigenvalue weighted by molar-refractivity contribution is 6.74. The minimum absolute atomic E-state index is 0.00923. The number of fused-ring (bicyclic) bond motifs is 2. The maximum Gasteiger partial charge on any atom is 0.192 e. The van der Waals surface area contributed by atoms with Gasteiger partial charge in [0, 0.05) is 18.3 Å². The van der Waals surface area contributed by atoms with Gasteiger partial charge >= 0.3 is 0 Å². The van der Waals surface area contributed by atoms with Crippen molar-refractivity contribution in [2.45, 2.75) is 96.1 Å². The monoisotopic (exact) mass is 326 g/mol. The lowest BCUT2D eigenvalue weighted by Crippen LogP contribution is -2.46. The maximum absolute atomic E-state index is 11.6. The van der Waals surface area contributed by atoms with E-state index in [0.29, 0.717) is 18.6 Å². The van der Waals surface area contributed by atoms with Crippen molar-refractivity contribution in [1.29, 1.82) is 0 Å². The van der Waals surface area contributed by atoms with Crippen molar-refractivity contribution in [2.75, 3.05) is 0 Å². The molecule has 1 heterocycles. The molecule has 0 radical (unpaired) electrons. The van der Waals surface area contributed by atoms with Gasteiger partial charge in [-0.1, -0.05) is 20.8 Å². The van der Waals surface area contributed by atoms with Crippen molar-refractivity contribution in [3.63, 3.8) is 0 Å². The lowest BCUT2D eigenvalue weighted by atomic mass is 9.65. The van der Waals surface area contributed by atoms with Crippen LogP contribution in [0, 0.1) is 5.41 Å². The number of Topliss-reactive ketones (excluding diaryl/α,β-unsaturated/α-hetero) is 1. The molecular formula is C17H30O4Si. The molecule has 2 aliphatic carbocycles. The molecule has 1 spiro atoms. The van der Waals surface area contributed by atoms with E-state index >= 15 is 0 Å². The van der Waals surface area contributed by atoms with Gasteiger partial charge in [-0.15, -0.1) is 0 Å². The van der Waals surface area contributed by atoms with Gasteiger partial charge in [0.15, 0.2) is 14.1 Å². The number of ether oxygens (including phenoxy) is 2. The Kier molecular flexibility index (Phi) is 3.51. The Morgan fingerprint density at radius 1 is 1.18 bits per heavy atom. The van der Waals surface area contributed by atoms with Crippen LogP contribution in [0.25, 0.3) is 0 Å². The van der Waals surface area contributed by atoms with Gasteiger partial charge in [0.2, 0.25) is 0 Å². The van der Waals surface area contributed by atoms with E-state index in [1.807, 2.05) is 13.8 Å². The summed E-state index contributed by atoms with van der Waals surface area (Å²) in [5.41, 5.74) is -0.0391. The average Bonchev–Trinajstić information content (AvgIpc) is 2.71. The molecule has 3 aliphatic rings. The smallest absolute Gasteiger partial charge is 0.192 e. The quantitative estimate of drug-likeness (QED) is 0.727. The molecule has 3 fully saturated rings. The van der Waals surface area contributed by atoms with Crippen LogP contribution in [0.15, 0.2) is 0 Å². The highest BCUT2D eigenvalue weighted by Crippen LogP contribution is 2.58. The molecule has 4 nitrogen and oxygen atoms in total. The average molecular weight is 327 g/mol. The van der Waals surface area contributed by atoms with Gasteiger partial charge in [0.25, 0.3) is 0 Å². The summed E-state index contributed by atoms with van der Waals surface area (Å²) in [7, 11) is -1.86. The first-order valence-corrected chi connectivity index (χ1v) is 11.3. The van der Waals surface area contributed by atoms with E-state index in [4.69, 9.17) is 13.9 Å². The summed E-state index contributed by atoms with van der Waals surface area (Å²) in [6.07, 6.45) is 2.19. The second-order valence-electron chi connectivity index (χ2n) is 9.40. The lowest BCUT2D eigenvalue weighted by molar-refractivity contribution is -0.183. The number of hydrogen-bond acceptors (Lipinski definition) is 4. The van der Waals surface area contributed by atoms with Gasteiger partial charge in [0.1, 0.15) is 11.9 Å². The van der Waals surface area contributed by atoms with Gasteiger partial charge in [-0.05, 0) is 38.4 Å². The van der Waals surface area contributed by atoms with Crippen molar-refractivity contribution in [3.8, 4) is 0 Å². The lowest BCUT2D eigenvalue weighted by Gasteiger charge is -2.42. The molecule has 1 aliphatic heterocycles. The molecule has 0 aromatic heterocycles. The third-order valence-corrected chi connectivity index (χ3v) is 10.6. The van der Waals surface area contributed by atoms with Gasteiger partial charge in [0.05, 0.1) is 12.2 Å². The molecule has 2 saturated carbocycles. The molecule has 5 heteroatoms. The molecule has 0 aromatic carbocycles. The van der Waals surface area contributed by atoms with Crippen LogP contribution in [0.5, 0.6) is 0 Å². The van der Waals surface area contributed by atoms with Crippen LogP contribution in [-0.2, 0) is 18.7 Å². The molecule has 3 rings (SSSR count). The third kappa shape index (κ3) is 2.50. The number of carbonyl (C=O) groups excluding carboxylic acids is 1. The Labute approximate surface area is 135 Å². The van der Waals surface area contributed by atoms with E-state index in [2.05, 4.69) is 33.9 Å². The topological polar surface area (TPSA) is 44.8 Å².